The highest BCUT2D eigenvalue weighted by atomic mass is 32.2. The van der Waals surface area contributed by atoms with E-state index in [1.807, 2.05) is 25.3 Å². The van der Waals surface area contributed by atoms with Crippen LogP contribution >= 0.6 is 0 Å². The Morgan fingerprint density at radius 1 is 1.15 bits per heavy atom. The summed E-state index contributed by atoms with van der Waals surface area (Å²) in [5.41, 5.74) is 2.08. The van der Waals surface area contributed by atoms with E-state index in [-0.39, 0.29) is 4.90 Å². The Hall–Kier alpha value is -1.71. The molecule has 1 saturated carbocycles. The van der Waals surface area contributed by atoms with E-state index < -0.39 is 10.0 Å². The third kappa shape index (κ3) is 2.78. The van der Waals surface area contributed by atoms with Crippen LogP contribution in [0.25, 0.3) is 11.5 Å². The molecule has 0 radical (unpaired) electrons. The van der Waals surface area contributed by atoms with E-state index in [1.54, 1.807) is 0 Å². The molecule has 1 aliphatic heterocycles. The number of hydrogen-bond donors (Lipinski definition) is 0. The van der Waals surface area contributed by atoms with Gasteiger partial charge in [-0.2, -0.15) is 9.29 Å². The lowest BCUT2D eigenvalue weighted by atomic mass is 10.2. The van der Waals surface area contributed by atoms with Crippen LogP contribution in [-0.4, -0.2) is 53.7 Å². The SMILES string of the molecule is CCn1c(C)c(-c2nc(C3CC3)no2)c(S(=O)(=O)N2CCOCC2)c1C. The second-order valence-corrected chi connectivity index (χ2v) is 8.74. The number of sulfonamides is 1. The fraction of sp³-hybridized carbons (Fsp3) is 0.647. The molecule has 0 aromatic carbocycles. The standard InChI is InChI=1S/C17H24N4O4S/c1-4-21-11(2)14(17-18-16(19-25-17)13-5-6-13)15(12(21)3)26(22,23)20-7-9-24-10-8-20/h13H,4-10H2,1-3H3. The Kier molecular flexibility index (Phi) is 4.40. The van der Waals surface area contributed by atoms with Gasteiger partial charge in [0.15, 0.2) is 5.82 Å². The zero-order valence-corrected chi connectivity index (χ0v) is 16.2. The molecule has 1 aliphatic carbocycles. The number of aromatic nitrogens is 3. The number of ether oxygens (including phenoxy) is 1. The molecule has 4 rings (SSSR count). The van der Waals surface area contributed by atoms with Gasteiger partial charge in [-0.15, -0.1) is 0 Å². The zero-order valence-electron chi connectivity index (χ0n) is 15.4. The van der Waals surface area contributed by atoms with Crippen LogP contribution in [0.2, 0.25) is 0 Å². The highest BCUT2D eigenvalue weighted by Gasteiger charge is 2.37. The normalized spacial score (nSPS) is 19.2. The zero-order chi connectivity index (χ0) is 18.5. The van der Waals surface area contributed by atoms with Gasteiger partial charge in [0.1, 0.15) is 4.90 Å². The van der Waals surface area contributed by atoms with Crippen LogP contribution in [0, 0.1) is 13.8 Å². The quantitative estimate of drug-likeness (QED) is 0.789. The first-order valence-corrected chi connectivity index (χ1v) is 10.5. The van der Waals surface area contributed by atoms with Crippen molar-refractivity contribution in [2.24, 2.45) is 0 Å². The maximum atomic E-state index is 13.4. The summed E-state index contributed by atoms with van der Waals surface area (Å²) in [5, 5.41) is 4.07. The smallest absolute Gasteiger partial charge is 0.261 e. The van der Waals surface area contributed by atoms with Gasteiger partial charge in [-0.05, 0) is 33.6 Å². The summed E-state index contributed by atoms with van der Waals surface area (Å²) in [6, 6.07) is 0. The lowest BCUT2D eigenvalue weighted by Crippen LogP contribution is -2.40. The summed E-state index contributed by atoms with van der Waals surface area (Å²) < 4.78 is 41.1. The van der Waals surface area contributed by atoms with Crippen LogP contribution in [0.5, 0.6) is 0 Å². The average Bonchev–Trinajstić information content (AvgIpc) is 3.31. The van der Waals surface area contributed by atoms with Crippen LogP contribution in [-0.2, 0) is 21.3 Å². The second kappa shape index (κ2) is 6.47. The molecule has 0 amide bonds. The Morgan fingerprint density at radius 3 is 2.46 bits per heavy atom. The number of nitrogens with zero attached hydrogens (tertiary/aromatic N) is 4. The number of hydrogen-bond acceptors (Lipinski definition) is 6. The molecule has 2 aromatic heterocycles. The van der Waals surface area contributed by atoms with Gasteiger partial charge in [-0.1, -0.05) is 5.16 Å². The van der Waals surface area contributed by atoms with Crippen LogP contribution in [0.3, 0.4) is 0 Å². The Labute approximate surface area is 153 Å². The molecule has 8 nitrogen and oxygen atoms in total. The molecule has 0 atom stereocenters. The fourth-order valence-corrected chi connectivity index (χ4v) is 5.52. The molecule has 2 aliphatic rings. The first kappa shape index (κ1) is 17.7. The highest BCUT2D eigenvalue weighted by Crippen LogP contribution is 2.41. The fourth-order valence-electron chi connectivity index (χ4n) is 3.66. The molecule has 0 unspecified atom stereocenters. The number of rotatable bonds is 5. The van der Waals surface area contributed by atoms with Crippen LogP contribution in [0.4, 0.5) is 0 Å². The average molecular weight is 380 g/mol. The highest BCUT2D eigenvalue weighted by molar-refractivity contribution is 7.89. The summed E-state index contributed by atoms with van der Waals surface area (Å²) in [5.74, 6) is 1.32. The molecule has 0 N–H and O–H groups in total. The van der Waals surface area contributed by atoms with Crippen molar-refractivity contribution in [1.82, 2.24) is 19.0 Å². The summed E-state index contributed by atoms with van der Waals surface area (Å²) in [7, 11) is -3.67. The Bertz CT molecular complexity index is 921. The first-order valence-electron chi connectivity index (χ1n) is 9.06. The predicted molar refractivity (Wildman–Crippen MR) is 94.4 cm³/mol. The monoisotopic (exact) mass is 380 g/mol. The predicted octanol–water partition coefficient (Wildman–Crippen LogP) is 2.07. The van der Waals surface area contributed by atoms with E-state index in [0.717, 1.165) is 18.5 Å². The van der Waals surface area contributed by atoms with Crippen LogP contribution in [0.1, 0.15) is 42.9 Å². The minimum atomic E-state index is -3.67. The van der Waals surface area contributed by atoms with E-state index in [1.165, 1.54) is 4.31 Å². The van der Waals surface area contributed by atoms with Crippen molar-refractivity contribution in [2.45, 2.75) is 51.0 Å². The van der Waals surface area contributed by atoms with E-state index in [2.05, 4.69) is 10.1 Å². The van der Waals surface area contributed by atoms with Gasteiger partial charge in [0.2, 0.25) is 10.0 Å². The van der Waals surface area contributed by atoms with Gasteiger partial charge < -0.3 is 13.8 Å². The third-order valence-corrected chi connectivity index (χ3v) is 7.27. The van der Waals surface area contributed by atoms with E-state index in [0.29, 0.717) is 61.7 Å². The topological polar surface area (TPSA) is 90.5 Å². The maximum Gasteiger partial charge on any atom is 0.261 e. The van der Waals surface area contributed by atoms with Crippen molar-refractivity contribution in [1.29, 1.82) is 0 Å². The van der Waals surface area contributed by atoms with Gasteiger partial charge in [0.25, 0.3) is 5.89 Å². The van der Waals surface area contributed by atoms with Gasteiger partial charge in [-0.25, -0.2) is 8.42 Å². The molecule has 0 spiro atoms. The summed E-state index contributed by atoms with van der Waals surface area (Å²) in [4.78, 5) is 4.79. The van der Waals surface area contributed by atoms with E-state index in [4.69, 9.17) is 9.26 Å². The van der Waals surface area contributed by atoms with Gasteiger partial charge in [0, 0.05) is 36.9 Å². The third-order valence-electron chi connectivity index (χ3n) is 5.21. The largest absolute Gasteiger partial charge is 0.379 e. The van der Waals surface area contributed by atoms with Crippen molar-refractivity contribution in [3.05, 3.63) is 17.2 Å². The lowest BCUT2D eigenvalue weighted by molar-refractivity contribution is 0.0730. The molecule has 0 bridgehead atoms. The minimum Gasteiger partial charge on any atom is -0.379 e. The summed E-state index contributed by atoms with van der Waals surface area (Å²) >= 11 is 0. The van der Waals surface area contributed by atoms with Gasteiger partial charge in [-0.3, -0.25) is 0 Å². The molecule has 2 aromatic rings. The molecule has 26 heavy (non-hydrogen) atoms. The summed E-state index contributed by atoms with van der Waals surface area (Å²) in [6.45, 7) is 7.95. The first-order chi connectivity index (χ1) is 12.4. The molecule has 142 valence electrons. The molecule has 9 heteroatoms. The molecular formula is C17H24N4O4S. The summed E-state index contributed by atoms with van der Waals surface area (Å²) in [6.07, 6.45) is 2.12. The van der Waals surface area contributed by atoms with Gasteiger partial charge >= 0.3 is 0 Å². The van der Waals surface area contributed by atoms with Crippen molar-refractivity contribution in [2.75, 3.05) is 26.3 Å². The molecule has 2 fully saturated rings. The molecule has 1 saturated heterocycles. The van der Waals surface area contributed by atoms with Crippen LogP contribution in [0.15, 0.2) is 9.42 Å². The van der Waals surface area contributed by atoms with Crippen molar-refractivity contribution < 1.29 is 17.7 Å². The second-order valence-electron chi connectivity index (χ2n) is 6.87. The number of morpholine rings is 1. The Balaban J connectivity index is 1.87. The van der Waals surface area contributed by atoms with E-state index >= 15 is 0 Å². The van der Waals surface area contributed by atoms with E-state index in [9.17, 15) is 8.42 Å². The molecule has 3 heterocycles. The van der Waals surface area contributed by atoms with Crippen molar-refractivity contribution in [3.8, 4) is 11.5 Å². The van der Waals surface area contributed by atoms with Gasteiger partial charge in [0.05, 0.1) is 18.8 Å². The maximum absolute atomic E-state index is 13.4. The van der Waals surface area contributed by atoms with Crippen LogP contribution < -0.4 is 0 Å². The lowest BCUT2D eigenvalue weighted by Gasteiger charge is -2.26. The Morgan fingerprint density at radius 2 is 1.85 bits per heavy atom. The van der Waals surface area contributed by atoms with Crippen molar-refractivity contribution in [3.63, 3.8) is 0 Å². The molecular weight excluding hydrogens is 356 g/mol. The minimum absolute atomic E-state index is 0.282. The van der Waals surface area contributed by atoms with Crippen molar-refractivity contribution >= 4 is 10.0 Å².